The average molecular weight is 393 g/mol. The van der Waals surface area contributed by atoms with Crippen molar-refractivity contribution >= 4 is 17.3 Å². The number of hydrogen-bond donors (Lipinski definition) is 1. The van der Waals surface area contributed by atoms with Crippen LogP contribution in [0.15, 0.2) is 60.8 Å². The van der Waals surface area contributed by atoms with Crippen molar-refractivity contribution in [2.75, 3.05) is 7.11 Å². The normalized spacial score (nSPS) is 19.0. The second kappa shape index (κ2) is 7.64. The first-order valence-electron chi connectivity index (χ1n) is 9.31. The van der Waals surface area contributed by atoms with Gasteiger partial charge in [0.15, 0.2) is 5.11 Å². The lowest BCUT2D eigenvalue weighted by Crippen LogP contribution is -2.30. The molecule has 2 atom stereocenters. The van der Waals surface area contributed by atoms with Crippen LogP contribution in [0.5, 0.6) is 5.75 Å². The van der Waals surface area contributed by atoms with Crippen LogP contribution < -0.4 is 10.1 Å². The van der Waals surface area contributed by atoms with E-state index < -0.39 is 0 Å². The fourth-order valence-corrected chi connectivity index (χ4v) is 4.06. The summed E-state index contributed by atoms with van der Waals surface area (Å²) in [7, 11) is 3.78. The van der Waals surface area contributed by atoms with Gasteiger partial charge in [-0.05, 0) is 61.1 Å². The molecule has 1 aliphatic heterocycles. The molecule has 0 spiro atoms. The quantitative estimate of drug-likeness (QED) is 0.667. The van der Waals surface area contributed by atoms with E-state index in [0.717, 1.165) is 16.6 Å². The summed E-state index contributed by atoms with van der Waals surface area (Å²) in [5.41, 5.74) is 4.61. The zero-order valence-corrected chi connectivity index (χ0v) is 17.1. The molecule has 4 rings (SSSR count). The molecule has 6 heteroatoms. The predicted molar refractivity (Wildman–Crippen MR) is 114 cm³/mol. The fraction of sp³-hybridized carbons (Fsp3) is 0.273. The van der Waals surface area contributed by atoms with Crippen molar-refractivity contribution < 1.29 is 4.74 Å². The van der Waals surface area contributed by atoms with E-state index in [4.69, 9.17) is 17.0 Å². The highest BCUT2D eigenvalue weighted by molar-refractivity contribution is 7.80. The summed E-state index contributed by atoms with van der Waals surface area (Å²) in [4.78, 5) is 6.85. The predicted octanol–water partition coefficient (Wildman–Crippen LogP) is 3.91. The van der Waals surface area contributed by atoms with Gasteiger partial charge in [0.05, 0.1) is 24.9 Å². The van der Waals surface area contributed by atoms with Crippen molar-refractivity contribution in [3.63, 3.8) is 0 Å². The molecule has 1 aromatic carbocycles. The average Bonchev–Trinajstić information content (AvgIpc) is 3.22. The maximum Gasteiger partial charge on any atom is 0.170 e. The molecule has 3 aromatic rings. The highest BCUT2D eigenvalue weighted by Crippen LogP contribution is 2.39. The summed E-state index contributed by atoms with van der Waals surface area (Å²) < 4.78 is 7.51. The van der Waals surface area contributed by atoms with Crippen molar-refractivity contribution in [2.24, 2.45) is 7.05 Å². The third-order valence-electron chi connectivity index (χ3n) is 5.42. The monoisotopic (exact) mass is 392 g/mol. The van der Waals surface area contributed by atoms with Crippen LogP contribution in [-0.2, 0) is 13.6 Å². The van der Waals surface area contributed by atoms with Crippen molar-refractivity contribution in [1.82, 2.24) is 19.8 Å². The zero-order chi connectivity index (χ0) is 19.7. The summed E-state index contributed by atoms with van der Waals surface area (Å²) in [6.45, 7) is 2.84. The fourth-order valence-electron chi connectivity index (χ4n) is 3.76. The van der Waals surface area contributed by atoms with E-state index in [0.29, 0.717) is 6.54 Å². The molecule has 5 nitrogen and oxygen atoms in total. The molecule has 0 amide bonds. The Kier molecular flexibility index (Phi) is 5.05. The van der Waals surface area contributed by atoms with Gasteiger partial charge >= 0.3 is 0 Å². The van der Waals surface area contributed by atoms with Gasteiger partial charge in [0.1, 0.15) is 5.75 Å². The number of nitrogens with zero attached hydrogens (tertiary/aromatic N) is 3. The first-order chi connectivity index (χ1) is 13.6. The maximum atomic E-state index is 5.75. The molecule has 0 unspecified atom stereocenters. The van der Waals surface area contributed by atoms with Crippen LogP contribution in [0.3, 0.4) is 0 Å². The number of pyridine rings is 1. The Morgan fingerprint density at radius 1 is 1.11 bits per heavy atom. The van der Waals surface area contributed by atoms with Crippen LogP contribution in [0.4, 0.5) is 0 Å². The Morgan fingerprint density at radius 2 is 1.89 bits per heavy atom. The molecular weight excluding hydrogens is 368 g/mol. The molecule has 0 saturated carbocycles. The molecule has 1 fully saturated rings. The van der Waals surface area contributed by atoms with Crippen LogP contribution in [0.2, 0.25) is 0 Å². The van der Waals surface area contributed by atoms with Crippen molar-refractivity contribution in [3.05, 3.63) is 83.4 Å². The first-order valence-corrected chi connectivity index (χ1v) is 9.72. The lowest BCUT2D eigenvalue weighted by atomic mass is 10.0. The molecule has 0 aliphatic carbocycles. The molecule has 1 N–H and O–H groups in total. The minimum absolute atomic E-state index is 0.0000478. The maximum absolute atomic E-state index is 5.75. The summed E-state index contributed by atoms with van der Waals surface area (Å²) in [6, 6.07) is 18.6. The molecule has 144 valence electrons. The second-order valence-corrected chi connectivity index (χ2v) is 7.45. The molecule has 3 heterocycles. The Hall–Kier alpha value is -2.86. The number of nitrogens with one attached hydrogen (secondary N) is 1. The topological polar surface area (TPSA) is 42.3 Å². The number of aryl methyl sites for hydroxylation is 1. The van der Waals surface area contributed by atoms with Gasteiger partial charge < -0.3 is 19.5 Å². The van der Waals surface area contributed by atoms with Crippen LogP contribution >= 0.6 is 12.2 Å². The van der Waals surface area contributed by atoms with E-state index in [-0.39, 0.29) is 12.1 Å². The van der Waals surface area contributed by atoms with Crippen LogP contribution in [0, 0.1) is 6.92 Å². The first kappa shape index (κ1) is 18.5. The third-order valence-corrected chi connectivity index (χ3v) is 5.78. The number of aromatic nitrogens is 2. The van der Waals surface area contributed by atoms with Gasteiger partial charge in [-0.3, -0.25) is 4.98 Å². The summed E-state index contributed by atoms with van der Waals surface area (Å²) >= 11 is 5.75. The highest BCUT2D eigenvalue weighted by atomic mass is 32.1. The zero-order valence-electron chi connectivity index (χ0n) is 16.3. The Morgan fingerprint density at radius 3 is 2.50 bits per heavy atom. The lowest BCUT2D eigenvalue weighted by Gasteiger charge is -2.28. The largest absolute Gasteiger partial charge is 0.497 e. The molecule has 0 bridgehead atoms. The number of ether oxygens (including phenoxy) is 1. The van der Waals surface area contributed by atoms with Gasteiger partial charge in [-0.2, -0.15) is 0 Å². The number of hydrogen-bond acceptors (Lipinski definition) is 3. The van der Waals surface area contributed by atoms with E-state index in [1.807, 2.05) is 30.5 Å². The van der Waals surface area contributed by atoms with E-state index in [2.05, 4.69) is 64.1 Å². The van der Waals surface area contributed by atoms with Gasteiger partial charge in [-0.15, -0.1) is 0 Å². The molecule has 1 saturated heterocycles. The van der Waals surface area contributed by atoms with Gasteiger partial charge in [-0.1, -0.05) is 18.2 Å². The molecule has 0 radical (unpaired) electrons. The Labute approximate surface area is 171 Å². The Bertz CT molecular complexity index is 968. The van der Waals surface area contributed by atoms with Crippen molar-refractivity contribution in [2.45, 2.75) is 25.6 Å². The molecule has 1 aliphatic rings. The highest BCUT2D eigenvalue weighted by Gasteiger charge is 2.41. The summed E-state index contributed by atoms with van der Waals surface area (Å²) in [6.07, 6.45) is 1.83. The summed E-state index contributed by atoms with van der Waals surface area (Å²) in [5, 5.41) is 4.25. The number of thiocarbonyl (C=S) groups is 1. The van der Waals surface area contributed by atoms with Gasteiger partial charge in [0.2, 0.25) is 0 Å². The van der Waals surface area contributed by atoms with Gasteiger partial charge in [-0.25, -0.2) is 0 Å². The van der Waals surface area contributed by atoms with Gasteiger partial charge in [0, 0.05) is 31.2 Å². The number of benzene rings is 1. The van der Waals surface area contributed by atoms with E-state index in [1.165, 1.54) is 17.0 Å². The molecule has 2 aromatic heterocycles. The minimum atomic E-state index is -0.0000478. The van der Waals surface area contributed by atoms with Crippen LogP contribution in [0.1, 0.15) is 34.7 Å². The second-order valence-electron chi connectivity index (χ2n) is 7.06. The smallest absolute Gasteiger partial charge is 0.170 e. The standard InChI is InChI=1S/C22H24N4OS/c1-15-7-12-19(25(15)2)21-20(18-6-4-5-13-23-18)24-22(28)26(21)14-16-8-10-17(27-3)11-9-16/h4-13,20-21H,14H2,1-3H3,(H,24,28)/t20-,21-/m0/s1. The van der Waals surface area contributed by atoms with Crippen molar-refractivity contribution in [1.29, 1.82) is 0 Å². The summed E-state index contributed by atoms with van der Waals surface area (Å²) in [5.74, 6) is 0.854. The Balaban J connectivity index is 1.72. The van der Waals surface area contributed by atoms with Gasteiger partial charge in [0.25, 0.3) is 0 Å². The van der Waals surface area contributed by atoms with E-state index in [1.54, 1.807) is 7.11 Å². The minimum Gasteiger partial charge on any atom is -0.497 e. The molecular formula is C22H24N4OS. The van der Waals surface area contributed by atoms with Crippen LogP contribution in [-0.4, -0.2) is 26.7 Å². The SMILES string of the molecule is COc1ccc(CN2C(=S)N[C@@H](c3ccccn3)[C@@H]2c2ccc(C)n2C)cc1. The van der Waals surface area contributed by atoms with Crippen molar-refractivity contribution in [3.8, 4) is 5.75 Å². The van der Waals surface area contributed by atoms with E-state index in [9.17, 15) is 0 Å². The number of rotatable bonds is 5. The van der Waals surface area contributed by atoms with Crippen LogP contribution in [0.25, 0.3) is 0 Å². The third kappa shape index (κ3) is 3.36. The van der Waals surface area contributed by atoms with E-state index >= 15 is 0 Å². The number of methoxy groups -OCH3 is 1. The lowest BCUT2D eigenvalue weighted by molar-refractivity contribution is 0.299. The molecule has 28 heavy (non-hydrogen) atoms.